The van der Waals surface area contributed by atoms with Gasteiger partial charge in [0.05, 0.1) is 0 Å². The van der Waals surface area contributed by atoms with Crippen molar-refractivity contribution in [3.8, 4) is 0 Å². The molecule has 3 nitrogen and oxygen atoms in total. The highest BCUT2D eigenvalue weighted by Gasteiger charge is 2.11. The summed E-state index contributed by atoms with van der Waals surface area (Å²) in [5.74, 6) is 0. The molecule has 2 rings (SSSR count). The number of thiazole rings is 1. The molecule has 114 valence electrons. The molecule has 5 heteroatoms. The van der Waals surface area contributed by atoms with Gasteiger partial charge in [0.25, 0.3) is 0 Å². The van der Waals surface area contributed by atoms with E-state index in [9.17, 15) is 0 Å². The molecule has 0 aliphatic rings. The van der Waals surface area contributed by atoms with Gasteiger partial charge in [-0.1, -0.05) is 23.7 Å². The van der Waals surface area contributed by atoms with Gasteiger partial charge in [-0.25, -0.2) is 4.98 Å². The lowest BCUT2D eigenvalue weighted by atomic mass is 10.1. The molecule has 0 fully saturated rings. The number of aromatic nitrogens is 1. The first-order chi connectivity index (χ1) is 9.83. The fourth-order valence-electron chi connectivity index (χ4n) is 1.84. The number of hydrogen-bond acceptors (Lipinski definition) is 4. The third-order valence-electron chi connectivity index (χ3n) is 2.99. The fourth-order valence-corrected chi connectivity index (χ4v) is 2.78. The highest BCUT2D eigenvalue weighted by molar-refractivity contribution is 7.15. The first kappa shape index (κ1) is 16.3. The minimum absolute atomic E-state index is 0.124. The van der Waals surface area contributed by atoms with Crippen LogP contribution >= 0.6 is 22.9 Å². The van der Waals surface area contributed by atoms with Crippen molar-refractivity contribution >= 4 is 28.1 Å². The Balaban J connectivity index is 1.95. The number of rotatable bonds is 5. The van der Waals surface area contributed by atoms with E-state index in [2.05, 4.69) is 55.2 Å². The van der Waals surface area contributed by atoms with E-state index in [0.717, 1.165) is 23.2 Å². The van der Waals surface area contributed by atoms with Crippen LogP contribution in [-0.4, -0.2) is 17.6 Å². The number of nitrogens with one attached hydrogen (secondary N) is 1. The van der Waals surface area contributed by atoms with Crippen molar-refractivity contribution in [2.75, 3.05) is 11.9 Å². The molecule has 0 saturated carbocycles. The van der Waals surface area contributed by atoms with Crippen LogP contribution in [-0.2, 0) is 13.1 Å². The Hall–Kier alpha value is -1.10. The summed E-state index contributed by atoms with van der Waals surface area (Å²) < 4.78 is 0. The van der Waals surface area contributed by atoms with Gasteiger partial charge in [-0.05, 0) is 38.5 Å². The molecule has 0 radical (unpaired) electrons. The molecule has 0 aliphatic heterocycles. The van der Waals surface area contributed by atoms with Crippen molar-refractivity contribution in [2.45, 2.75) is 39.4 Å². The van der Waals surface area contributed by atoms with Gasteiger partial charge in [0.2, 0.25) is 0 Å². The summed E-state index contributed by atoms with van der Waals surface area (Å²) in [4.78, 5) is 7.92. The van der Waals surface area contributed by atoms with Gasteiger partial charge >= 0.3 is 0 Å². The second kappa shape index (κ2) is 6.77. The van der Waals surface area contributed by atoms with Crippen LogP contribution in [0.2, 0.25) is 5.02 Å². The summed E-state index contributed by atoms with van der Waals surface area (Å²) in [7, 11) is 2.06. The van der Waals surface area contributed by atoms with Crippen LogP contribution in [0.1, 0.15) is 31.2 Å². The first-order valence-corrected chi connectivity index (χ1v) is 8.18. The second-order valence-corrected chi connectivity index (χ2v) is 7.73. The van der Waals surface area contributed by atoms with Crippen molar-refractivity contribution < 1.29 is 0 Å². The van der Waals surface area contributed by atoms with Gasteiger partial charge in [-0.2, -0.15) is 0 Å². The standard InChI is InChI=1S/C16H22ClN3S/c1-16(2,3)19-10-14-9-18-15(21-14)20(4)11-12-5-7-13(17)8-6-12/h5-9,19H,10-11H2,1-4H3. The molecule has 0 atom stereocenters. The van der Waals surface area contributed by atoms with E-state index in [1.54, 1.807) is 11.3 Å². The van der Waals surface area contributed by atoms with Crippen molar-refractivity contribution in [1.82, 2.24) is 10.3 Å². The Bertz CT molecular complexity index is 572. The van der Waals surface area contributed by atoms with Gasteiger partial charge in [0.15, 0.2) is 5.13 Å². The lowest BCUT2D eigenvalue weighted by Crippen LogP contribution is -2.34. The average molecular weight is 324 g/mol. The van der Waals surface area contributed by atoms with E-state index in [4.69, 9.17) is 11.6 Å². The van der Waals surface area contributed by atoms with Crippen molar-refractivity contribution in [1.29, 1.82) is 0 Å². The second-order valence-electron chi connectivity index (χ2n) is 6.20. The van der Waals surface area contributed by atoms with E-state index < -0.39 is 0 Å². The topological polar surface area (TPSA) is 28.2 Å². The minimum Gasteiger partial charge on any atom is -0.347 e. The number of benzene rings is 1. The third kappa shape index (κ3) is 5.30. The van der Waals surface area contributed by atoms with Gasteiger partial charge in [0.1, 0.15) is 0 Å². The predicted molar refractivity (Wildman–Crippen MR) is 92.3 cm³/mol. The monoisotopic (exact) mass is 323 g/mol. The van der Waals surface area contributed by atoms with Crippen LogP contribution in [0.5, 0.6) is 0 Å². The maximum Gasteiger partial charge on any atom is 0.185 e. The largest absolute Gasteiger partial charge is 0.347 e. The Morgan fingerprint density at radius 2 is 1.90 bits per heavy atom. The quantitative estimate of drug-likeness (QED) is 0.888. The van der Waals surface area contributed by atoms with Gasteiger partial charge in [-0.15, -0.1) is 11.3 Å². The summed E-state index contributed by atoms with van der Waals surface area (Å²) in [5.41, 5.74) is 1.35. The molecule has 21 heavy (non-hydrogen) atoms. The molecular weight excluding hydrogens is 302 g/mol. The van der Waals surface area contributed by atoms with Gasteiger partial charge in [-0.3, -0.25) is 0 Å². The average Bonchev–Trinajstić information content (AvgIpc) is 2.87. The Kier molecular flexibility index (Phi) is 5.25. The van der Waals surface area contributed by atoms with Crippen LogP contribution in [0.25, 0.3) is 0 Å². The number of halogens is 1. The molecule has 1 N–H and O–H groups in total. The lowest BCUT2D eigenvalue weighted by molar-refractivity contribution is 0.426. The molecule has 0 saturated heterocycles. The van der Waals surface area contributed by atoms with Crippen molar-refractivity contribution in [3.63, 3.8) is 0 Å². The molecule has 0 amide bonds. The van der Waals surface area contributed by atoms with Crippen molar-refractivity contribution in [2.24, 2.45) is 0 Å². The van der Waals surface area contributed by atoms with Crippen LogP contribution in [0, 0.1) is 0 Å². The molecule has 0 bridgehead atoms. The van der Waals surface area contributed by atoms with Crippen LogP contribution in [0.3, 0.4) is 0 Å². The van der Waals surface area contributed by atoms with E-state index in [1.165, 1.54) is 10.4 Å². The molecule has 1 aromatic heterocycles. The molecule has 1 aromatic carbocycles. The molecule has 0 unspecified atom stereocenters. The van der Waals surface area contributed by atoms with Gasteiger partial charge < -0.3 is 10.2 Å². The summed E-state index contributed by atoms with van der Waals surface area (Å²) >= 11 is 7.64. The minimum atomic E-state index is 0.124. The smallest absolute Gasteiger partial charge is 0.185 e. The highest BCUT2D eigenvalue weighted by atomic mass is 35.5. The zero-order chi connectivity index (χ0) is 15.5. The number of nitrogens with zero attached hydrogens (tertiary/aromatic N) is 2. The molecule has 0 aliphatic carbocycles. The summed E-state index contributed by atoms with van der Waals surface area (Å²) in [5, 5.41) is 5.29. The maximum absolute atomic E-state index is 5.91. The van der Waals surface area contributed by atoms with E-state index in [-0.39, 0.29) is 5.54 Å². The normalized spacial score (nSPS) is 11.7. The maximum atomic E-state index is 5.91. The summed E-state index contributed by atoms with van der Waals surface area (Å²) in [6.45, 7) is 8.19. The van der Waals surface area contributed by atoms with E-state index in [0.29, 0.717) is 0 Å². The summed E-state index contributed by atoms with van der Waals surface area (Å²) in [6.07, 6.45) is 1.96. The lowest BCUT2D eigenvalue weighted by Gasteiger charge is -2.19. The Morgan fingerprint density at radius 1 is 1.24 bits per heavy atom. The Morgan fingerprint density at radius 3 is 2.52 bits per heavy atom. The SMILES string of the molecule is CN(Cc1ccc(Cl)cc1)c1ncc(CNC(C)(C)C)s1. The first-order valence-electron chi connectivity index (χ1n) is 6.99. The van der Waals surface area contributed by atoms with E-state index >= 15 is 0 Å². The zero-order valence-corrected chi connectivity index (χ0v) is 14.6. The molecule has 1 heterocycles. The molecule has 2 aromatic rings. The summed E-state index contributed by atoms with van der Waals surface area (Å²) in [6, 6.07) is 7.94. The Labute approximate surface area is 136 Å². The van der Waals surface area contributed by atoms with Crippen molar-refractivity contribution in [3.05, 3.63) is 45.9 Å². The highest BCUT2D eigenvalue weighted by Crippen LogP contribution is 2.23. The number of anilines is 1. The van der Waals surface area contributed by atoms with Crippen LogP contribution < -0.4 is 10.2 Å². The number of hydrogen-bond donors (Lipinski definition) is 1. The zero-order valence-electron chi connectivity index (χ0n) is 13.0. The van der Waals surface area contributed by atoms with Crippen LogP contribution in [0.4, 0.5) is 5.13 Å². The third-order valence-corrected chi connectivity index (χ3v) is 4.36. The van der Waals surface area contributed by atoms with Crippen LogP contribution in [0.15, 0.2) is 30.5 Å². The van der Waals surface area contributed by atoms with E-state index in [1.807, 2.05) is 18.3 Å². The predicted octanol–water partition coefficient (Wildman–Crippen LogP) is 4.32. The fraction of sp³-hybridized carbons (Fsp3) is 0.438. The molecular formula is C16H22ClN3S. The molecule has 0 spiro atoms. The van der Waals surface area contributed by atoms with Gasteiger partial charge in [0, 0.05) is 41.8 Å².